The Morgan fingerprint density at radius 2 is 1.47 bits per heavy atom. The lowest BCUT2D eigenvalue weighted by atomic mass is 10.2. The zero-order valence-electron chi connectivity index (χ0n) is 10.2. The second-order valence-electron chi connectivity index (χ2n) is 3.88. The van der Waals surface area contributed by atoms with Crippen LogP contribution in [0.3, 0.4) is 0 Å². The van der Waals surface area contributed by atoms with Crippen molar-refractivity contribution < 1.29 is 14.3 Å². The summed E-state index contributed by atoms with van der Waals surface area (Å²) in [6.07, 6.45) is 0. The highest BCUT2D eigenvalue weighted by Crippen LogP contribution is 2.05. The van der Waals surface area contributed by atoms with Gasteiger partial charge in [-0.15, -0.1) is 0 Å². The molecule has 0 saturated heterocycles. The Morgan fingerprint density at radius 1 is 0.895 bits per heavy atom. The van der Waals surface area contributed by atoms with E-state index < -0.39 is 11.9 Å². The van der Waals surface area contributed by atoms with Crippen molar-refractivity contribution in [1.29, 1.82) is 0 Å². The fourth-order valence-electron chi connectivity index (χ4n) is 1.49. The molecule has 1 N–H and O–H groups in total. The predicted molar refractivity (Wildman–Crippen MR) is 71.3 cm³/mol. The minimum absolute atomic E-state index is 0.0852. The minimum atomic E-state index is -0.896. The van der Waals surface area contributed by atoms with Crippen LogP contribution in [0.15, 0.2) is 60.7 Å². The van der Waals surface area contributed by atoms with Gasteiger partial charge in [0.2, 0.25) is 0 Å². The number of amides is 1. The first-order valence-electron chi connectivity index (χ1n) is 5.83. The third-order valence-electron chi connectivity index (χ3n) is 2.43. The first-order valence-corrected chi connectivity index (χ1v) is 5.83. The molecule has 4 heteroatoms. The molecular formula is C15H13NO3. The average Bonchev–Trinajstić information content (AvgIpc) is 2.47. The van der Waals surface area contributed by atoms with Gasteiger partial charge < -0.3 is 10.1 Å². The summed E-state index contributed by atoms with van der Waals surface area (Å²) in [4.78, 5) is 23.0. The number of anilines is 1. The third-order valence-corrected chi connectivity index (χ3v) is 2.43. The molecule has 4 nitrogen and oxygen atoms in total. The van der Waals surface area contributed by atoms with E-state index >= 15 is 0 Å². The molecular weight excluding hydrogens is 242 g/mol. The lowest BCUT2D eigenvalue weighted by molar-refractivity contribution is -0.153. The monoisotopic (exact) mass is 255 g/mol. The van der Waals surface area contributed by atoms with Gasteiger partial charge in [0.1, 0.15) is 6.61 Å². The Kier molecular flexibility index (Phi) is 4.29. The maximum atomic E-state index is 11.5. The van der Waals surface area contributed by atoms with Crippen molar-refractivity contribution in [3.05, 3.63) is 66.2 Å². The molecule has 0 aliphatic rings. The smallest absolute Gasteiger partial charge is 0.397 e. The highest BCUT2D eigenvalue weighted by Gasteiger charge is 2.15. The van der Waals surface area contributed by atoms with Crippen molar-refractivity contribution >= 4 is 17.6 Å². The van der Waals surface area contributed by atoms with Gasteiger partial charge in [-0.05, 0) is 17.7 Å². The van der Waals surface area contributed by atoms with Crippen molar-refractivity contribution in [3.8, 4) is 0 Å². The standard InChI is InChI=1S/C15H13NO3/c17-14(16-13-9-5-2-6-10-13)15(18)19-11-12-7-3-1-4-8-12/h1-10H,11H2,(H,16,17). The molecule has 19 heavy (non-hydrogen) atoms. The van der Waals surface area contributed by atoms with Crippen LogP contribution in [0.25, 0.3) is 0 Å². The van der Waals surface area contributed by atoms with Crippen LogP contribution in [0.4, 0.5) is 5.69 Å². The fourth-order valence-corrected chi connectivity index (χ4v) is 1.49. The number of carbonyl (C=O) groups is 2. The van der Waals surface area contributed by atoms with E-state index in [2.05, 4.69) is 5.32 Å². The van der Waals surface area contributed by atoms with E-state index in [9.17, 15) is 9.59 Å². The molecule has 0 saturated carbocycles. The topological polar surface area (TPSA) is 55.4 Å². The molecule has 0 aromatic heterocycles. The van der Waals surface area contributed by atoms with E-state index in [0.29, 0.717) is 5.69 Å². The lowest BCUT2D eigenvalue weighted by Gasteiger charge is -2.05. The van der Waals surface area contributed by atoms with E-state index in [-0.39, 0.29) is 6.61 Å². The van der Waals surface area contributed by atoms with Crippen LogP contribution in [-0.4, -0.2) is 11.9 Å². The summed E-state index contributed by atoms with van der Waals surface area (Å²) in [5.41, 5.74) is 1.40. The molecule has 0 atom stereocenters. The summed E-state index contributed by atoms with van der Waals surface area (Å²) in [6, 6.07) is 17.9. The Morgan fingerprint density at radius 3 is 2.11 bits per heavy atom. The van der Waals surface area contributed by atoms with E-state index in [1.807, 2.05) is 36.4 Å². The van der Waals surface area contributed by atoms with Crippen LogP contribution in [0.5, 0.6) is 0 Å². The van der Waals surface area contributed by atoms with Crippen LogP contribution < -0.4 is 5.32 Å². The highest BCUT2D eigenvalue weighted by atomic mass is 16.5. The second kappa shape index (κ2) is 6.35. The quantitative estimate of drug-likeness (QED) is 0.676. The summed E-state index contributed by atoms with van der Waals surface area (Å²) in [5.74, 6) is -1.67. The van der Waals surface area contributed by atoms with Crippen LogP contribution in [-0.2, 0) is 20.9 Å². The molecule has 0 spiro atoms. The van der Waals surface area contributed by atoms with Gasteiger partial charge in [0.05, 0.1) is 0 Å². The van der Waals surface area contributed by atoms with Crippen molar-refractivity contribution in [1.82, 2.24) is 0 Å². The molecule has 0 radical (unpaired) electrons. The number of rotatable bonds is 3. The number of hydrogen-bond acceptors (Lipinski definition) is 3. The molecule has 1 amide bonds. The minimum Gasteiger partial charge on any atom is -0.454 e. The molecule has 96 valence electrons. The van der Waals surface area contributed by atoms with Gasteiger partial charge in [0.25, 0.3) is 0 Å². The van der Waals surface area contributed by atoms with Crippen molar-refractivity contribution in [3.63, 3.8) is 0 Å². The number of hydrogen-bond donors (Lipinski definition) is 1. The molecule has 0 fully saturated rings. The average molecular weight is 255 g/mol. The summed E-state index contributed by atoms with van der Waals surface area (Å²) >= 11 is 0. The van der Waals surface area contributed by atoms with Gasteiger partial charge in [0, 0.05) is 5.69 Å². The Hall–Kier alpha value is -2.62. The van der Waals surface area contributed by atoms with Crippen LogP contribution in [0, 0.1) is 0 Å². The van der Waals surface area contributed by atoms with Gasteiger partial charge in [-0.25, -0.2) is 4.79 Å². The number of carbonyl (C=O) groups excluding carboxylic acids is 2. The maximum Gasteiger partial charge on any atom is 0.397 e. The molecule has 2 rings (SSSR count). The van der Waals surface area contributed by atoms with Gasteiger partial charge in [0.15, 0.2) is 0 Å². The predicted octanol–water partition coefficient (Wildman–Crippen LogP) is 2.37. The molecule has 0 aliphatic heterocycles. The van der Waals surface area contributed by atoms with E-state index in [1.54, 1.807) is 24.3 Å². The highest BCUT2D eigenvalue weighted by molar-refractivity contribution is 6.37. The third kappa shape index (κ3) is 3.96. The summed E-state index contributed by atoms with van der Waals surface area (Å²) in [5, 5.41) is 2.46. The van der Waals surface area contributed by atoms with E-state index in [1.165, 1.54) is 0 Å². The summed E-state index contributed by atoms with van der Waals surface area (Å²) < 4.78 is 4.91. The Labute approximate surface area is 111 Å². The zero-order valence-corrected chi connectivity index (χ0v) is 10.2. The molecule has 0 unspecified atom stereocenters. The molecule has 2 aromatic rings. The normalized spacial score (nSPS) is 9.68. The number of nitrogens with one attached hydrogen (secondary N) is 1. The number of benzene rings is 2. The van der Waals surface area contributed by atoms with E-state index in [4.69, 9.17) is 4.74 Å². The number of esters is 1. The number of ether oxygens (including phenoxy) is 1. The fraction of sp³-hybridized carbons (Fsp3) is 0.0667. The Balaban J connectivity index is 1.85. The second-order valence-corrected chi connectivity index (χ2v) is 3.88. The largest absolute Gasteiger partial charge is 0.454 e. The maximum absolute atomic E-state index is 11.5. The number of para-hydroxylation sites is 1. The SMILES string of the molecule is O=C(Nc1ccccc1)C(=O)OCc1ccccc1. The van der Waals surface area contributed by atoms with Crippen LogP contribution >= 0.6 is 0 Å². The van der Waals surface area contributed by atoms with Crippen molar-refractivity contribution in [2.45, 2.75) is 6.61 Å². The summed E-state index contributed by atoms with van der Waals surface area (Å²) in [7, 11) is 0. The van der Waals surface area contributed by atoms with Gasteiger partial charge in [-0.1, -0.05) is 48.5 Å². The first-order chi connectivity index (χ1) is 9.25. The van der Waals surface area contributed by atoms with Crippen LogP contribution in [0.1, 0.15) is 5.56 Å². The molecule has 2 aromatic carbocycles. The van der Waals surface area contributed by atoms with E-state index in [0.717, 1.165) is 5.56 Å². The molecule has 0 aliphatic carbocycles. The van der Waals surface area contributed by atoms with Crippen LogP contribution in [0.2, 0.25) is 0 Å². The molecule has 0 heterocycles. The first kappa shape index (κ1) is 12.8. The van der Waals surface area contributed by atoms with Crippen molar-refractivity contribution in [2.75, 3.05) is 5.32 Å². The molecule has 0 bridgehead atoms. The lowest BCUT2D eigenvalue weighted by Crippen LogP contribution is -2.24. The van der Waals surface area contributed by atoms with Gasteiger partial charge >= 0.3 is 11.9 Å². The Bertz CT molecular complexity index is 552. The summed E-state index contributed by atoms with van der Waals surface area (Å²) in [6.45, 7) is 0.0852. The van der Waals surface area contributed by atoms with Gasteiger partial charge in [-0.3, -0.25) is 4.79 Å². The zero-order chi connectivity index (χ0) is 13.5. The van der Waals surface area contributed by atoms with Gasteiger partial charge in [-0.2, -0.15) is 0 Å². The van der Waals surface area contributed by atoms with Crippen molar-refractivity contribution in [2.24, 2.45) is 0 Å².